The SMILES string of the molecule is CN=C(NCc1ccc(C)cc1SC)NCC1(CCOC)CC1.I. The molecule has 6 heteroatoms. The number of nitrogens with zero attached hydrogens (tertiary/aromatic N) is 1. The first-order chi connectivity index (χ1) is 11.1. The number of halogens is 1. The number of nitrogens with one attached hydrogen (secondary N) is 2. The standard InChI is InChI=1S/C18H29N3OS.HI/c1-14-5-6-15(16(11-14)23-4)12-20-17(19-2)21-13-18(7-8-18)9-10-22-3;/h5-6,11H,7-10,12-13H2,1-4H3,(H2,19,20,21);1H. The van der Waals surface area contributed by atoms with Crippen molar-refractivity contribution in [2.45, 2.75) is 37.6 Å². The molecule has 0 bridgehead atoms. The number of hydrogen-bond acceptors (Lipinski definition) is 3. The zero-order valence-electron chi connectivity index (χ0n) is 15.1. The van der Waals surface area contributed by atoms with Gasteiger partial charge in [0, 0.05) is 38.7 Å². The van der Waals surface area contributed by atoms with E-state index in [0.29, 0.717) is 5.41 Å². The summed E-state index contributed by atoms with van der Waals surface area (Å²) in [5.74, 6) is 0.876. The maximum absolute atomic E-state index is 5.22. The van der Waals surface area contributed by atoms with Crippen LogP contribution in [0.1, 0.15) is 30.4 Å². The van der Waals surface area contributed by atoms with Gasteiger partial charge < -0.3 is 15.4 Å². The van der Waals surface area contributed by atoms with Crippen molar-refractivity contribution < 1.29 is 4.74 Å². The lowest BCUT2D eigenvalue weighted by atomic mass is 10.0. The zero-order chi connectivity index (χ0) is 16.7. The second-order valence-corrected chi connectivity index (χ2v) is 7.19. The van der Waals surface area contributed by atoms with Crippen molar-refractivity contribution >= 4 is 41.7 Å². The van der Waals surface area contributed by atoms with E-state index in [1.807, 2.05) is 7.05 Å². The topological polar surface area (TPSA) is 45.7 Å². The lowest BCUT2D eigenvalue weighted by Gasteiger charge is -2.18. The number of methoxy groups -OCH3 is 1. The first-order valence-corrected chi connectivity index (χ1v) is 9.42. The molecule has 136 valence electrons. The Labute approximate surface area is 167 Å². The monoisotopic (exact) mass is 463 g/mol. The maximum atomic E-state index is 5.22. The number of guanidine groups is 1. The molecule has 1 aliphatic rings. The normalized spacial score (nSPS) is 15.6. The first kappa shape index (κ1) is 21.6. The molecule has 1 aromatic rings. The molecule has 0 unspecified atom stereocenters. The van der Waals surface area contributed by atoms with E-state index in [1.54, 1.807) is 18.9 Å². The molecule has 1 aromatic carbocycles. The molecule has 2 N–H and O–H groups in total. The van der Waals surface area contributed by atoms with Gasteiger partial charge in [0.15, 0.2) is 5.96 Å². The highest BCUT2D eigenvalue weighted by Crippen LogP contribution is 2.48. The molecule has 2 rings (SSSR count). The van der Waals surface area contributed by atoms with Crippen molar-refractivity contribution in [3.63, 3.8) is 0 Å². The molecule has 0 aliphatic heterocycles. The summed E-state index contributed by atoms with van der Waals surface area (Å²) < 4.78 is 5.22. The molecule has 0 spiro atoms. The fourth-order valence-corrected chi connectivity index (χ4v) is 3.39. The van der Waals surface area contributed by atoms with Gasteiger partial charge in [0.2, 0.25) is 0 Å². The Balaban J connectivity index is 0.00000288. The quantitative estimate of drug-likeness (QED) is 0.266. The summed E-state index contributed by atoms with van der Waals surface area (Å²) in [4.78, 5) is 5.67. The number of aryl methyl sites for hydroxylation is 1. The largest absolute Gasteiger partial charge is 0.385 e. The predicted molar refractivity (Wildman–Crippen MR) is 115 cm³/mol. The van der Waals surface area contributed by atoms with E-state index >= 15 is 0 Å². The van der Waals surface area contributed by atoms with Gasteiger partial charge in [-0.05, 0) is 55.1 Å². The van der Waals surface area contributed by atoms with Crippen LogP contribution in [0.2, 0.25) is 0 Å². The molecule has 0 amide bonds. The second-order valence-electron chi connectivity index (χ2n) is 6.34. The molecule has 1 saturated carbocycles. The van der Waals surface area contributed by atoms with Crippen molar-refractivity contribution in [2.75, 3.05) is 33.6 Å². The average Bonchev–Trinajstić information content (AvgIpc) is 3.34. The summed E-state index contributed by atoms with van der Waals surface area (Å²) in [5, 5.41) is 6.91. The molecule has 0 atom stereocenters. The van der Waals surface area contributed by atoms with Crippen LogP contribution in [0.25, 0.3) is 0 Å². The Morgan fingerprint density at radius 2 is 2.08 bits per heavy atom. The van der Waals surface area contributed by atoms with Crippen LogP contribution in [0, 0.1) is 12.3 Å². The molecular weight excluding hydrogens is 433 g/mol. The van der Waals surface area contributed by atoms with E-state index in [1.165, 1.54) is 28.9 Å². The summed E-state index contributed by atoms with van der Waals surface area (Å²) in [6, 6.07) is 6.60. The summed E-state index contributed by atoms with van der Waals surface area (Å²) in [6.07, 6.45) is 5.82. The number of rotatable bonds is 8. The van der Waals surface area contributed by atoms with E-state index in [2.05, 4.69) is 47.0 Å². The summed E-state index contributed by atoms with van der Waals surface area (Å²) in [6.45, 7) is 4.74. The van der Waals surface area contributed by atoms with Crippen LogP contribution >= 0.6 is 35.7 Å². The third-order valence-electron chi connectivity index (χ3n) is 4.54. The number of thioether (sulfide) groups is 1. The summed E-state index contributed by atoms with van der Waals surface area (Å²) in [5.41, 5.74) is 3.03. The molecule has 1 fully saturated rings. The van der Waals surface area contributed by atoms with Gasteiger partial charge in [0.1, 0.15) is 0 Å². The minimum atomic E-state index is 0. The summed E-state index contributed by atoms with van der Waals surface area (Å²) in [7, 11) is 3.60. The van der Waals surface area contributed by atoms with E-state index in [0.717, 1.165) is 32.1 Å². The molecular formula is C18H30IN3OS. The van der Waals surface area contributed by atoms with Crippen LogP contribution in [-0.2, 0) is 11.3 Å². The van der Waals surface area contributed by atoms with Gasteiger partial charge in [0.05, 0.1) is 0 Å². The van der Waals surface area contributed by atoms with E-state index in [4.69, 9.17) is 4.74 Å². The van der Waals surface area contributed by atoms with Crippen LogP contribution in [0.3, 0.4) is 0 Å². The Morgan fingerprint density at radius 3 is 2.67 bits per heavy atom. The molecule has 0 aromatic heterocycles. The summed E-state index contributed by atoms with van der Waals surface area (Å²) >= 11 is 1.79. The minimum absolute atomic E-state index is 0. The Morgan fingerprint density at radius 1 is 1.33 bits per heavy atom. The number of aliphatic imine (C=N–C) groups is 1. The molecule has 0 radical (unpaired) electrons. The Hall–Kier alpha value is -0.470. The lowest BCUT2D eigenvalue weighted by Crippen LogP contribution is -2.40. The van der Waals surface area contributed by atoms with Crippen molar-refractivity contribution in [3.05, 3.63) is 29.3 Å². The number of ether oxygens (including phenoxy) is 1. The second kappa shape index (κ2) is 10.5. The smallest absolute Gasteiger partial charge is 0.191 e. The van der Waals surface area contributed by atoms with Crippen LogP contribution in [0.15, 0.2) is 28.1 Å². The average molecular weight is 463 g/mol. The van der Waals surface area contributed by atoms with Crippen LogP contribution in [0.5, 0.6) is 0 Å². The van der Waals surface area contributed by atoms with Gasteiger partial charge >= 0.3 is 0 Å². The van der Waals surface area contributed by atoms with Gasteiger partial charge in [-0.3, -0.25) is 4.99 Å². The highest BCUT2D eigenvalue weighted by atomic mass is 127. The Kier molecular flexibility index (Phi) is 9.44. The molecule has 4 nitrogen and oxygen atoms in total. The maximum Gasteiger partial charge on any atom is 0.191 e. The minimum Gasteiger partial charge on any atom is -0.385 e. The van der Waals surface area contributed by atoms with E-state index in [-0.39, 0.29) is 24.0 Å². The van der Waals surface area contributed by atoms with Crippen molar-refractivity contribution in [1.82, 2.24) is 10.6 Å². The molecule has 1 aliphatic carbocycles. The number of hydrogen-bond donors (Lipinski definition) is 2. The molecule has 24 heavy (non-hydrogen) atoms. The van der Waals surface area contributed by atoms with Gasteiger partial charge in [0.25, 0.3) is 0 Å². The van der Waals surface area contributed by atoms with Crippen LogP contribution in [0.4, 0.5) is 0 Å². The fourth-order valence-electron chi connectivity index (χ4n) is 2.68. The fraction of sp³-hybridized carbons (Fsp3) is 0.611. The van der Waals surface area contributed by atoms with Crippen molar-refractivity contribution in [2.24, 2.45) is 10.4 Å². The van der Waals surface area contributed by atoms with Gasteiger partial charge in [-0.25, -0.2) is 0 Å². The van der Waals surface area contributed by atoms with Gasteiger partial charge in [-0.1, -0.05) is 12.1 Å². The zero-order valence-corrected chi connectivity index (χ0v) is 18.3. The van der Waals surface area contributed by atoms with Crippen LogP contribution < -0.4 is 10.6 Å². The van der Waals surface area contributed by atoms with Crippen molar-refractivity contribution in [3.8, 4) is 0 Å². The van der Waals surface area contributed by atoms with E-state index in [9.17, 15) is 0 Å². The first-order valence-electron chi connectivity index (χ1n) is 8.19. The Bertz CT molecular complexity index is 547. The highest BCUT2D eigenvalue weighted by Gasteiger charge is 2.41. The third kappa shape index (κ3) is 6.44. The predicted octanol–water partition coefficient (Wildman–Crippen LogP) is 3.82. The van der Waals surface area contributed by atoms with Gasteiger partial charge in [-0.15, -0.1) is 35.7 Å². The molecule has 0 heterocycles. The lowest BCUT2D eigenvalue weighted by molar-refractivity contribution is 0.172. The third-order valence-corrected chi connectivity index (χ3v) is 5.36. The number of benzene rings is 1. The van der Waals surface area contributed by atoms with Gasteiger partial charge in [-0.2, -0.15) is 0 Å². The highest BCUT2D eigenvalue weighted by molar-refractivity contribution is 14.0. The van der Waals surface area contributed by atoms with E-state index < -0.39 is 0 Å². The van der Waals surface area contributed by atoms with Crippen LogP contribution in [-0.4, -0.2) is 39.5 Å². The molecule has 0 saturated heterocycles. The van der Waals surface area contributed by atoms with Crippen molar-refractivity contribution in [1.29, 1.82) is 0 Å².